The Balaban J connectivity index is 1.16. The SMILES string of the molecule is CCc1ccc(C(=O)N2C[C@@H]3C[C@H]2CN3[C@@H](C)c2ccc(OCCCN3CCOCC3)c(C)c2C)cn1. The molecule has 0 N–H and O–H groups in total. The number of aryl methyl sites for hydroxylation is 1. The summed E-state index contributed by atoms with van der Waals surface area (Å²) < 4.78 is 11.6. The first-order valence-corrected chi connectivity index (χ1v) is 14.0. The summed E-state index contributed by atoms with van der Waals surface area (Å²) in [4.78, 5) is 24.7. The van der Waals surface area contributed by atoms with Gasteiger partial charge in [-0.2, -0.15) is 0 Å². The van der Waals surface area contributed by atoms with E-state index in [9.17, 15) is 4.79 Å². The monoisotopic (exact) mass is 506 g/mol. The zero-order valence-corrected chi connectivity index (χ0v) is 22.9. The van der Waals surface area contributed by atoms with Gasteiger partial charge in [-0.05, 0) is 74.9 Å². The minimum Gasteiger partial charge on any atom is -0.493 e. The second kappa shape index (κ2) is 11.5. The minimum atomic E-state index is 0.122. The number of pyridine rings is 1. The van der Waals surface area contributed by atoms with Gasteiger partial charge >= 0.3 is 0 Å². The maximum absolute atomic E-state index is 13.2. The average molecular weight is 507 g/mol. The predicted octanol–water partition coefficient (Wildman–Crippen LogP) is 4.02. The Morgan fingerprint density at radius 1 is 1.11 bits per heavy atom. The van der Waals surface area contributed by atoms with E-state index in [2.05, 4.69) is 59.5 Å². The summed E-state index contributed by atoms with van der Waals surface area (Å²) >= 11 is 0. The molecule has 5 rings (SSSR count). The third-order valence-electron chi connectivity index (χ3n) is 8.68. The van der Waals surface area contributed by atoms with Crippen molar-refractivity contribution in [3.8, 4) is 5.75 Å². The van der Waals surface area contributed by atoms with Crippen LogP contribution in [-0.2, 0) is 11.2 Å². The highest BCUT2D eigenvalue weighted by Crippen LogP contribution is 2.39. The minimum absolute atomic E-state index is 0.122. The van der Waals surface area contributed by atoms with Crippen molar-refractivity contribution in [2.45, 2.75) is 65.1 Å². The number of fused-ring (bicyclic) bond motifs is 2. The zero-order valence-electron chi connectivity index (χ0n) is 22.9. The van der Waals surface area contributed by atoms with Crippen molar-refractivity contribution in [1.82, 2.24) is 19.7 Å². The summed E-state index contributed by atoms with van der Waals surface area (Å²) in [6, 6.07) is 9.30. The fourth-order valence-electron chi connectivity index (χ4n) is 6.25. The van der Waals surface area contributed by atoms with Gasteiger partial charge in [-0.15, -0.1) is 0 Å². The van der Waals surface area contributed by atoms with Crippen LogP contribution >= 0.6 is 0 Å². The quantitative estimate of drug-likeness (QED) is 0.479. The van der Waals surface area contributed by atoms with E-state index in [1.54, 1.807) is 6.20 Å². The molecule has 1 amide bonds. The van der Waals surface area contributed by atoms with Crippen LogP contribution in [0, 0.1) is 13.8 Å². The van der Waals surface area contributed by atoms with Crippen LogP contribution in [-0.4, -0.2) is 90.2 Å². The van der Waals surface area contributed by atoms with Gasteiger partial charge in [0, 0.05) is 62.7 Å². The lowest BCUT2D eigenvalue weighted by Gasteiger charge is -2.38. The lowest BCUT2D eigenvalue weighted by Crippen LogP contribution is -2.49. The van der Waals surface area contributed by atoms with Gasteiger partial charge in [0.1, 0.15) is 5.75 Å². The molecule has 37 heavy (non-hydrogen) atoms. The van der Waals surface area contributed by atoms with E-state index >= 15 is 0 Å². The highest BCUT2D eigenvalue weighted by molar-refractivity contribution is 5.94. The molecular weight excluding hydrogens is 464 g/mol. The van der Waals surface area contributed by atoms with Crippen LogP contribution < -0.4 is 4.74 Å². The molecule has 0 spiro atoms. The van der Waals surface area contributed by atoms with Gasteiger partial charge in [0.15, 0.2) is 0 Å². The number of benzene rings is 1. The number of piperazine rings is 1. The molecule has 1 aromatic carbocycles. The fraction of sp³-hybridized carbons (Fsp3) is 0.600. The molecule has 2 bridgehead atoms. The topological polar surface area (TPSA) is 58.1 Å². The number of aromatic nitrogens is 1. The van der Waals surface area contributed by atoms with E-state index < -0.39 is 0 Å². The number of hydrogen-bond donors (Lipinski definition) is 0. The number of carbonyl (C=O) groups excluding carboxylic acids is 1. The van der Waals surface area contributed by atoms with E-state index in [1.165, 1.54) is 16.7 Å². The molecule has 0 aliphatic carbocycles. The summed E-state index contributed by atoms with van der Waals surface area (Å²) in [7, 11) is 0. The molecule has 0 unspecified atom stereocenters. The number of hydrogen-bond acceptors (Lipinski definition) is 6. The summed E-state index contributed by atoms with van der Waals surface area (Å²) in [5.74, 6) is 1.12. The molecule has 7 heteroatoms. The van der Waals surface area contributed by atoms with Gasteiger partial charge < -0.3 is 14.4 Å². The summed E-state index contributed by atoms with van der Waals surface area (Å²) in [6.07, 6.45) is 4.71. The van der Waals surface area contributed by atoms with Crippen molar-refractivity contribution in [1.29, 1.82) is 0 Å². The largest absolute Gasteiger partial charge is 0.493 e. The van der Waals surface area contributed by atoms with Crippen LogP contribution in [0.3, 0.4) is 0 Å². The van der Waals surface area contributed by atoms with E-state index in [4.69, 9.17) is 9.47 Å². The number of ether oxygens (including phenoxy) is 2. The highest BCUT2D eigenvalue weighted by atomic mass is 16.5. The number of rotatable bonds is 9. The molecule has 200 valence electrons. The van der Waals surface area contributed by atoms with Crippen molar-refractivity contribution in [3.05, 3.63) is 58.4 Å². The highest BCUT2D eigenvalue weighted by Gasteiger charge is 2.47. The molecule has 3 aliphatic rings. The lowest BCUT2D eigenvalue weighted by atomic mass is 9.96. The number of carbonyl (C=O) groups is 1. The van der Waals surface area contributed by atoms with E-state index in [1.807, 2.05) is 12.1 Å². The summed E-state index contributed by atoms with van der Waals surface area (Å²) in [5.41, 5.74) is 5.64. The molecule has 1 aromatic heterocycles. The Labute approximate surface area is 221 Å². The molecule has 3 fully saturated rings. The Hall–Kier alpha value is -2.48. The molecule has 3 saturated heterocycles. The van der Waals surface area contributed by atoms with Crippen molar-refractivity contribution >= 4 is 5.91 Å². The molecule has 2 aromatic rings. The van der Waals surface area contributed by atoms with Gasteiger partial charge in [-0.1, -0.05) is 13.0 Å². The molecule has 0 radical (unpaired) electrons. The van der Waals surface area contributed by atoms with Crippen LogP contribution in [0.1, 0.15) is 65.5 Å². The maximum Gasteiger partial charge on any atom is 0.255 e. The maximum atomic E-state index is 13.2. The van der Waals surface area contributed by atoms with Gasteiger partial charge in [0.05, 0.1) is 25.4 Å². The molecule has 3 aliphatic heterocycles. The molecule has 3 atom stereocenters. The first-order valence-electron chi connectivity index (χ1n) is 14.0. The van der Waals surface area contributed by atoms with E-state index in [-0.39, 0.29) is 11.9 Å². The van der Waals surface area contributed by atoms with E-state index in [0.29, 0.717) is 17.6 Å². The van der Waals surface area contributed by atoms with Gasteiger partial charge in [-0.25, -0.2) is 0 Å². The summed E-state index contributed by atoms with van der Waals surface area (Å²) in [6.45, 7) is 16.1. The Kier molecular flexibility index (Phi) is 8.12. The van der Waals surface area contributed by atoms with E-state index in [0.717, 1.165) is 83.3 Å². The molecule has 4 heterocycles. The average Bonchev–Trinajstić information content (AvgIpc) is 3.55. The number of nitrogens with zero attached hydrogens (tertiary/aromatic N) is 4. The van der Waals surface area contributed by atoms with Crippen LogP contribution in [0.15, 0.2) is 30.5 Å². The van der Waals surface area contributed by atoms with Gasteiger partial charge in [0.2, 0.25) is 0 Å². The van der Waals surface area contributed by atoms with Crippen molar-refractivity contribution < 1.29 is 14.3 Å². The predicted molar refractivity (Wildman–Crippen MR) is 145 cm³/mol. The van der Waals surface area contributed by atoms with Crippen molar-refractivity contribution in [2.75, 3.05) is 52.5 Å². The first-order chi connectivity index (χ1) is 18.0. The van der Waals surface area contributed by atoms with Gasteiger partial charge in [-0.3, -0.25) is 19.6 Å². The Morgan fingerprint density at radius 2 is 1.92 bits per heavy atom. The van der Waals surface area contributed by atoms with Crippen LogP contribution in [0.25, 0.3) is 0 Å². The number of likely N-dealkylation sites (tertiary alicyclic amines) is 2. The third kappa shape index (κ3) is 5.54. The number of morpholine rings is 1. The normalized spacial score (nSPS) is 23.0. The molecule has 7 nitrogen and oxygen atoms in total. The van der Waals surface area contributed by atoms with Crippen LogP contribution in [0.2, 0.25) is 0 Å². The fourth-order valence-corrected chi connectivity index (χ4v) is 6.25. The third-order valence-corrected chi connectivity index (χ3v) is 8.68. The lowest BCUT2D eigenvalue weighted by molar-refractivity contribution is 0.0358. The second-order valence-corrected chi connectivity index (χ2v) is 10.8. The van der Waals surface area contributed by atoms with Crippen molar-refractivity contribution in [3.63, 3.8) is 0 Å². The van der Waals surface area contributed by atoms with Crippen LogP contribution in [0.4, 0.5) is 0 Å². The van der Waals surface area contributed by atoms with Gasteiger partial charge in [0.25, 0.3) is 5.91 Å². The standard InChI is InChI=1S/C30H42N4O3/c1-5-25-8-7-24(18-31-25)30(35)34-20-26-17-27(34)19-33(26)23(4)28-9-10-29(22(3)21(28)2)37-14-6-11-32-12-15-36-16-13-32/h7-10,18,23,26-27H,5-6,11-17,19-20H2,1-4H3/t23-,26-,27-/m0/s1. The Bertz CT molecular complexity index is 1080. The molecule has 0 saturated carbocycles. The Morgan fingerprint density at radius 3 is 2.59 bits per heavy atom. The molecular formula is C30H42N4O3. The smallest absolute Gasteiger partial charge is 0.255 e. The first kappa shape index (κ1) is 26.1. The zero-order chi connectivity index (χ0) is 25.9. The summed E-state index contributed by atoms with van der Waals surface area (Å²) in [5, 5.41) is 0. The second-order valence-electron chi connectivity index (χ2n) is 10.8. The van der Waals surface area contributed by atoms with Crippen LogP contribution in [0.5, 0.6) is 5.75 Å². The number of amides is 1. The van der Waals surface area contributed by atoms with Crippen molar-refractivity contribution in [2.24, 2.45) is 0 Å².